The van der Waals surface area contributed by atoms with Crippen molar-refractivity contribution in [2.75, 3.05) is 18.0 Å². The highest BCUT2D eigenvalue weighted by molar-refractivity contribution is 5.80. The summed E-state index contributed by atoms with van der Waals surface area (Å²) in [5.74, 6) is 1.86. The van der Waals surface area contributed by atoms with Gasteiger partial charge in [0, 0.05) is 18.8 Å². The van der Waals surface area contributed by atoms with Crippen molar-refractivity contribution >= 4 is 11.5 Å². The van der Waals surface area contributed by atoms with Crippen molar-refractivity contribution in [2.24, 2.45) is 10.9 Å². The second-order valence-corrected chi connectivity index (χ2v) is 9.14. The van der Waals surface area contributed by atoms with Gasteiger partial charge in [0.25, 0.3) is 0 Å². The van der Waals surface area contributed by atoms with E-state index in [1.54, 1.807) is 5.56 Å². The van der Waals surface area contributed by atoms with Crippen LogP contribution in [0.1, 0.15) is 81.9 Å². The van der Waals surface area contributed by atoms with Gasteiger partial charge in [-0.2, -0.15) is 0 Å². The predicted molar refractivity (Wildman–Crippen MR) is 127 cm³/mol. The minimum Gasteiger partial charge on any atom is -0.372 e. The van der Waals surface area contributed by atoms with Crippen LogP contribution in [0.15, 0.2) is 29.4 Å². The largest absolute Gasteiger partial charge is 0.372 e. The predicted octanol–water partition coefficient (Wildman–Crippen LogP) is 6.33. The number of amidine groups is 1. The van der Waals surface area contributed by atoms with Crippen LogP contribution in [0.3, 0.4) is 0 Å². The molecule has 29 heavy (non-hydrogen) atoms. The van der Waals surface area contributed by atoms with Crippen molar-refractivity contribution in [2.45, 2.75) is 91.5 Å². The molecule has 3 heteroatoms. The van der Waals surface area contributed by atoms with Crippen molar-refractivity contribution in [3.63, 3.8) is 0 Å². The third-order valence-electron chi connectivity index (χ3n) is 6.83. The van der Waals surface area contributed by atoms with E-state index >= 15 is 0 Å². The Morgan fingerprint density at radius 1 is 1.10 bits per heavy atom. The number of allylic oxidation sites excluding steroid dienone is 1. The monoisotopic (exact) mass is 395 g/mol. The quantitative estimate of drug-likeness (QED) is 0.450. The molecule has 160 valence electrons. The summed E-state index contributed by atoms with van der Waals surface area (Å²) in [6.07, 6.45) is 15.6. The number of rotatable bonds is 6. The van der Waals surface area contributed by atoms with Crippen molar-refractivity contribution in [1.29, 1.82) is 0 Å². The summed E-state index contributed by atoms with van der Waals surface area (Å²) >= 11 is 0. The first kappa shape index (κ1) is 21.9. The van der Waals surface area contributed by atoms with Crippen molar-refractivity contribution in [1.82, 2.24) is 5.32 Å². The van der Waals surface area contributed by atoms with Crippen LogP contribution in [0, 0.1) is 19.8 Å². The molecule has 2 fully saturated rings. The normalized spacial score (nSPS) is 23.6. The van der Waals surface area contributed by atoms with Gasteiger partial charge in [-0.1, -0.05) is 13.0 Å². The summed E-state index contributed by atoms with van der Waals surface area (Å²) in [5, 5.41) is 3.30. The van der Waals surface area contributed by atoms with Gasteiger partial charge in [0.15, 0.2) is 0 Å². The third-order valence-corrected chi connectivity index (χ3v) is 6.83. The molecule has 1 saturated carbocycles. The Kier molecular flexibility index (Phi) is 8.20. The molecule has 3 nitrogen and oxygen atoms in total. The molecule has 1 aromatic carbocycles. The summed E-state index contributed by atoms with van der Waals surface area (Å²) in [5.41, 5.74) is 6.01. The first-order chi connectivity index (χ1) is 14.1. The molecule has 1 aromatic rings. The van der Waals surface area contributed by atoms with Crippen LogP contribution in [-0.2, 0) is 6.42 Å². The van der Waals surface area contributed by atoms with Gasteiger partial charge in [-0.3, -0.25) is 4.99 Å². The minimum absolute atomic E-state index is 0.497. The average Bonchev–Trinajstić information content (AvgIpc) is 2.73. The summed E-state index contributed by atoms with van der Waals surface area (Å²) in [7, 11) is 0. The maximum atomic E-state index is 4.90. The van der Waals surface area contributed by atoms with Gasteiger partial charge in [0.2, 0.25) is 0 Å². The molecule has 1 aliphatic heterocycles. The van der Waals surface area contributed by atoms with Gasteiger partial charge in [-0.25, -0.2) is 0 Å². The number of nitrogens with zero attached hydrogens (tertiary/aromatic N) is 2. The van der Waals surface area contributed by atoms with E-state index in [2.05, 4.69) is 56.1 Å². The maximum Gasteiger partial charge on any atom is 0.0974 e. The Morgan fingerprint density at radius 2 is 1.83 bits per heavy atom. The molecule has 1 heterocycles. The third kappa shape index (κ3) is 6.35. The van der Waals surface area contributed by atoms with Crippen LogP contribution in [-0.4, -0.2) is 25.0 Å². The van der Waals surface area contributed by atoms with Gasteiger partial charge in [-0.05, 0) is 119 Å². The smallest absolute Gasteiger partial charge is 0.0974 e. The molecular formula is C26H41N3. The van der Waals surface area contributed by atoms with Gasteiger partial charge in [0.05, 0.1) is 11.9 Å². The van der Waals surface area contributed by atoms with Crippen LogP contribution < -0.4 is 10.2 Å². The standard InChI is InChI=1S/C26H41N3/c1-5-6-14-27-22(4)28-25-12-10-23(11-13-25)18-24-19-26(17-20(2)21(24)3)29-15-8-7-9-16-29/h6,14,17,19,23,25H,5,7-13,15-16,18H2,1-4H3,(H,27,28)/b14-6-. The summed E-state index contributed by atoms with van der Waals surface area (Å²) in [6, 6.07) is 5.42. The maximum absolute atomic E-state index is 4.90. The first-order valence-corrected chi connectivity index (χ1v) is 11.9. The van der Waals surface area contributed by atoms with Crippen molar-refractivity contribution in [3.05, 3.63) is 41.1 Å². The zero-order valence-electron chi connectivity index (χ0n) is 19.1. The molecule has 1 N–H and O–H groups in total. The molecule has 0 radical (unpaired) electrons. The molecule has 0 spiro atoms. The Bertz CT molecular complexity index is 705. The van der Waals surface area contributed by atoms with Gasteiger partial charge < -0.3 is 10.2 Å². The second-order valence-electron chi connectivity index (χ2n) is 9.14. The molecule has 1 aliphatic carbocycles. The summed E-state index contributed by atoms with van der Waals surface area (Å²) in [4.78, 5) is 7.51. The van der Waals surface area contributed by atoms with E-state index in [1.165, 1.54) is 81.3 Å². The van der Waals surface area contributed by atoms with E-state index in [0.717, 1.165) is 18.2 Å². The number of aliphatic imine (C=N–C) groups is 1. The molecular weight excluding hydrogens is 354 g/mol. The Balaban J connectivity index is 1.58. The number of piperidine rings is 1. The highest BCUT2D eigenvalue weighted by Crippen LogP contribution is 2.32. The number of aryl methyl sites for hydroxylation is 1. The average molecular weight is 396 g/mol. The van der Waals surface area contributed by atoms with E-state index in [1.807, 2.05) is 6.20 Å². The fourth-order valence-corrected chi connectivity index (χ4v) is 4.86. The molecule has 0 aromatic heterocycles. The lowest BCUT2D eigenvalue weighted by Crippen LogP contribution is -2.29. The van der Waals surface area contributed by atoms with E-state index < -0.39 is 0 Å². The van der Waals surface area contributed by atoms with E-state index in [-0.39, 0.29) is 0 Å². The lowest BCUT2D eigenvalue weighted by Gasteiger charge is -2.31. The van der Waals surface area contributed by atoms with Gasteiger partial charge in [-0.15, -0.1) is 0 Å². The topological polar surface area (TPSA) is 27.6 Å². The fourth-order valence-electron chi connectivity index (χ4n) is 4.86. The second kappa shape index (κ2) is 10.8. The van der Waals surface area contributed by atoms with Crippen molar-refractivity contribution in [3.8, 4) is 0 Å². The number of benzene rings is 1. The SMILES string of the molecule is CC/C=C\NC(C)=NC1CCC(Cc2cc(N3CCCCC3)cc(C)c2C)CC1. The van der Waals surface area contributed by atoms with Crippen LogP contribution in [0.5, 0.6) is 0 Å². The van der Waals surface area contributed by atoms with E-state index in [9.17, 15) is 0 Å². The van der Waals surface area contributed by atoms with Crippen molar-refractivity contribution < 1.29 is 0 Å². The van der Waals surface area contributed by atoms with Crippen LogP contribution >= 0.6 is 0 Å². The number of hydrogen-bond donors (Lipinski definition) is 1. The lowest BCUT2D eigenvalue weighted by molar-refractivity contribution is 0.325. The molecule has 0 amide bonds. The van der Waals surface area contributed by atoms with E-state index in [0.29, 0.717) is 6.04 Å². The Labute approximate surface area is 178 Å². The first-order valence-electron chi connectivity index (χ1n) is 11.9. The number of hydrogen-bond acceptors (Lipinski definition) is 2. The minimum atomic E-state index is 0.497. The zero-order chi connectivity index (χ0) is 20.6. The van der Waals surface area contributed by atoms with Crippen LogP contribution in [0.4, 0.5) is 5.69 Å². The lowest BCUT2D eigenvalue weighted by atomic mass is 9.81. The van der Waals surface area contributed by atoms with Gasteiger partial charge >= 0.3 is 0 Å². The van der Waals surface area contributed by atoms with Crippen LogP contribution in [0.2, 0.25) is 0 Å². The summed E-state index contributed by atoms with van der Waals surface area (Å²) in [6.45, 7) is 11.3. The molecule has 0 bridgehead atoms. The molecule has 1 saturated heterocycles. The number of nitrogens with one attached hydrogen (secondary N) is 1. The highest BCUT2D eigenvalue weighted by Gasteiger charge is 2.22. The molecule has 2 aliphatic rings. The molecule has 3 rings (SSSR count). The zero-order valence-corrected chi connectivity index (χ0v) is 19.1. The fraction of sp³-hybridized carbons (Fsp3) is 0.654. The van der Waals surface area contributed by atoms with E-state index in [4.69, 9.17) is 4.99 Å². The highest BCUT2D eigenvalue weighted by atomic mass is 15.1. The van der Waals surface area contributed by atoms with Crippen LogP contribution in [0.25, 0.3) is 0 Å². The Hall–Kier alpha value is -1.77. The van der Waals surface area contributed by atoms with Gasteiger partial charge in [0.1, 0.15) is 0 Å². The molecule has 0 unspecified atom stereocenters. The summed E-state index contributed by atoms with van der Waals surface area (Å²) < 4.78 is 0. The Morgan fingerprint density at radius 3 is 2.52 bits per heavy atom. The molecule has 0 atom stereocenters. The number of anilines is 1.